The third kappa shape index (κ3) is 8.04. The van der Waals surface area contributed by atoms with Gasteiger partial charge in [-0.15, -0.1) is 0 Å². The molecule has 0 atom stereocenters. The van der Waals surface area contributed by atoms with Gasteiger partial charge in [-0.25, -0.2) is 0 Å². The van der Waals surface area contributed by atoms with Crippen molar-refractivity contribution in [2.24, 2.45) is 5.92 Å². The number of allylic oxidation sites excluding steroid dienone is 1. The fourth-order valence-corrected chi connectivity index (χ4v) is 1.86. The largest absolute Gasteiger partial charge is 0.398 e. The highest BCUT2D eigenvalue weighted by Crippen LogP contribution is 2.14. The molecule has 20 heavy (non-hydrogen) atoms. The van der Waals surface area contributed by atoms with Crippen LogP contribution >= 0.6 is 0 Å². The molecule has 0 bridgehead atoms. The summed E-state index contributed by atoms with van der Waals surface area (Å²) in [5.74, 6) is 0.827. The highest BCUT2D eigenvalue weighted by atomic mass is 14.6. The van der Waals surface area contributed by atoms with Crippen molar-refractivity contribution < 1.29 is 0 Å². The number of benzene rings is 1. The van der Waals surface area contributed by atoms with Gasteiger partial charge in [-0.3, -0.25) is 0 Å². The molecular formula is C19H33N. The van der Waals surface area contributed by atoms with E-state index < -0.39 is 0 Å². The first kappa shape index (κ1) is 18.8. The average molecular weight is 275 g/mol. The Bertz CT molecular complexity index is 391. The van der Waals surface area contributed by atoms with Gasteiger partial charge < -0.3 is 5.73 Å². The molecule has 0 aliphatic rings. The van der Waals surface area contributed by atoms with Crippen LogP contribution in [0.15, 0.2) is 30.4 Å². The zero-order chi connectivity index (χ0) is 15.5. The second kappa shape index (κ2) is 10.5. The molecule has 0 aliphatic heterocycles. The zero-order valence-electron chi connectivity index (χ0n) is 14.1. The third-order valence-corrected chi connectivity index (χ3v) is 3.57. The molecule has 0 saturated heterocycles. The van der Waals surface area contributed by atoms with Crippen LogP contribution in [0.25, 0.3) is 0 Å². The van der Waals surface area contributed by atoms with Crippen molar-refractivity contribution >= 4 is 5.69 Å². The summed E-state index contributed by atoms with van der Waals surface area (Å²) >= 11 is 0. The molecule has 0 radical (unpaired) electrons. The van der Waals surface area contributed by atoms with Gasteiger partial charge in [0.05, 0.1) is 0 Å². The number of anilines is 1. The predicted octanol–water partition coefficient (Wildman–Crippen LogP) is 5.78. The van der Waals surface area contributed by atoms with E-state index in [2.05, 4.69) is 59.4 Å². The van der Waals surface area contributed by atoms with Crippen LogP contribution in [0.4, 0.5) is 5.69 Å². The van der Waals surface area contributed by atoms with Crippen molar-refractivity contribution in [3.63, 3.8) is 0 Å². The first-order chi connectivity index (χ1) is 9.44. The molecule has 0 heterocycles. The van der Waals surface area contributed by atoms with Crippen molar-refractivity contribution in [3.8, 4) is 0 Å². The topological polar surface area (TPSA) is 26.0 Å². The van der Waals surface area contributed by atoms with E-state index in [-0.39, 0.29) is 0 Å². The summed E-state index contributed by atoms with van der Waals surface area (Å²) in [4.78, 5) is 0. The Kier molecular flexibility index (Phi) is 9.88. The molecule has 1 nitrogen and oxygen atoms in total. The van der Waals surface area contributed by atoms with Crippen LogP contribution in [0.5, 0.6) is 0 Å². The minimum absolute atomic E-state index is 0.827. The van der Waals surface area contributed by atoms with E-state index in [0.717, 1.165) is 30.9 Å². The van der Waals surface area contributed by atoms with Gasteiger partial charge in [0.2, 0.25) is 0 Å². The average Bonchev–Trinajstić information content (AvgIpc) is 2.45. The number of nitrogen functional groups attached to an aromatic ring is 1. The highest BCUT2D eigenvalue weighted by molar-refractivity contribution is 5.49. The first-order valence-corrected chi connectivity index (χ1v) is 7.98. The van der Waals surface area contributed by atoms with Gasteiger partial charge in [0.25, 0.3) is 0 Å². The Morgan fingerprint density at radius 3 is 2.20 bits per heavy atom. The number of nitrogens with two attached hydrogens (primary N) is 1. The van der Waals surface area contributed by atoms with Crippen LogP contribution in [0.2, 0.25) is 0 Å². The van der Waals surface area contributed by atoms with Gasteiger partial charge in [0, 0.05) is 5.69 Å². The second-order valence-corrected chi connectivity index (χ2v) is 5.78. The Morgan fingerprint density at radius 2 is 1.80 bits per heavy atom. The van der Waals surface area contributed by atoms with E-state index in [1.165, 1.54) is 29.5 Å². The fourth-order valence-electron chi connectivity index (χ4n) is 1.86. The van der Waals surface area contributed by atoms with Gasteiger partial charge in [0.15, 0.2) is 0 Å². The zero-order valence-corrected chi connectivity index (χ0v) is 14.1. The van der Waals surface area contributed by atoms with Crippen molar-refractivity contribution in [2.45, 2.75) is 66.7 Å². The molecule has 114 valence electrons. The van der Waals surface area contributed by atoms with E-state index in [0.29, 0.717) is 0 Å². The monoisotopic (exact) mass is 275 g/mol. The SMILES string of the molecule is C=C(CC)CCC(C)C.CCc1ccc(CC)c(N)c1. The van der Waals surface area contributed by atoms with Crippen LogP contribution in [0.1, 0.15) is 65.0 Å². The summed E-state index contributed by atoms with van der Waals surface area (Å²) in [5.41, 5.74) is 10.7. The first-order valence-electron chi connectivity index (χ1n) is 7.98. The molecule has 0 aromatic heterocycles. The molecule has 2 N–H and O–H groups in total. The van der Waals surface area contributed by atoms with Gasteiger partial charge >= 0.3 is 0 Å². The van der Waals surface area contributed by atoms with E-state index in [4.69, 9.17) is 5.73 Å². The molecule has 1 rings (SSSR count). The molecular weight excluding hydrogens is 242 g/mol. The van der Waals surface area contributed by atoms with Gasteiger partial charge in [-0.1, -0.05) is 58.9 Å². The normalized spacial score (nSPS) is 10.1. The van der Waals surface area contributed by atoms with Crippen LogP contribution in [0.3, 0.4) is 0 Å². The van der Waals surface area contributed by atoms with E-state index in [1.54, 1.807) is 0 Å². The van der Waals surface area contributed by atoms with Gasteiger partial charge in [-0.05, 0) is 55.2 Å². The standard InChI is InChI=1S/C10H15N.C9H18/c1-3-8-5-6-9(4-2)10(11)7-8;1-5-9(4)7-6-8(2)3/h5-7H,3-4,11H2,1-2H3;8H,4-7H2,1-3H3. The molecule has 0 saturated carbocycles. The van der Waals surface area contributed by atoms with Gasteiger partial charge in [0.1, 0.15) is 0 Å². The maximum atomic E-state index is 5.81. The van der Waals surface area contributed by atoms with Gasteiger partial charge in [-0.2, -0.15) is 0 Å². The molecule has 0 spiro atoms. The van der Waals surface area contributed by atoms with E-state index in [9.17, 15) is 0 Å². The second-order valence-electron chi connectivity index (χ2n) is 5.78. The lowest BCUT2D eigenvalue weighted by molar-refractivity contribution is 0.580. The molecule has 0 aliphatic carbocycles. The lowest BCUT2D eigenvalue weighted by Gasteiger charge is -2.04. The summed E-state index contributed by atoms with van der Waals surface area (Å²) in [6.07, 6.45) is 5.75. The van der Waals surface area contributed by atoms with Crippen LogP contribution in [-0.4, -0.2) is 0 Å². The summed E-state index contributed by atoms with van der Waals surface area (Å²) in [5, 5.41) is 0. The van der Waals surface area contributed by atoms with Crippen molar-refractivity contribution in [1.29, 1.82) is 0 Å². The van der Waals surface area contributed by atoms with E-state index >= 15 is 0 Å². The maximum Gasteiger partial charge on any atom is 0.0349 e. The molecule has 0 unspecified atom stereocenters. The number of hydrogen-bond acceptors (Lipinski definition) is 1. The van der Waals surface area contributed by atoms with Crippen molar-refractivity contribution in [2.75, 3.05) is 5.73 Å². The van der Waals surface area contributed by atoms with E-state index in [1.807, 2.05) is 0 Å². The fraction of sp³-hybridized carbons (Fsp3) is 0.579. The maximum absolute atomic E-state index is 5.81. The number of aryl methyl sites for hydroxylation is 2. The third-order valence-electron chi connectivity index (χ3n) is 3.57. The summed E-state index contributed by atoms with van der Waals surface area (Å²) < 4.78 is 0. The number of rotatable bonds is 6. The molecule has 0 amide bonds. The Labute approximate surface area is 126 Å². The highest BCUT2D eigenvalue weighted by Gasteiger charge is 1.96. The lowest BCUT2D eigenvalue weighted by atomic mass is 10.0. The summed E-state index contributed by atoms with van der Waals surface area (Å²) in [6.45, 7) is 14.9. The lowest BCUT2D eigenvalue weighted by Crippen LogP contribution is -1.93. The van der Waals surface area contributed by atoms with Crippen LogP contribution in [0, 0.1) is 5.92 Å². The van der Waals surface area contributed by atoms with Crippen LogP contribution < -0.4 is 5.73 Å². The minimum atomic E-state index is 0.827. The minimum Gasteiger partial charge on any atom is -0.398 e. The Morgan fingerprint density at radius 1 is 1.15 bits per heavy atom. The molecule has 1 aromatic rings. The predicted molar refractivity (Wildman–Crippen MR) is 93.1 cm³/mol. The molecule has 0 fully saturated rings. The summed E-state index contributed by atoms with van der Waals surface area (Å²) in [7, 11) is 0. The Balaban J connectivity index is 0.000000370. The Hall–Kier alpha value is -1.24. The quantitative estimate of drug-likeness (QED) is 0.516. The number of hydrogen-bond donors (Lipinski definition) is 1. The summed E-state index contributed by atoms with van der Waals surface area (Å²) in [6, 6.07) is 6.34. The van der Waals surface area contributed by atoms with Crippen LogP contribution in [-0.2, 0) is 12.8 Å². The smallest absolute Gasteiger partial charge is 0.0349 e. The van der Waals surface area contributed by atoms with Crippen molar-refractivity contribution in [1.82, 2.24) is 0 Å². The molecule has 1 heteroatoms. The molecule has 1 aromatic carbocycles. The van der Waals surface area contributed by atoms with Crippen molar-refractivity contribution in [3.05, 3.63) is 41.5 Å².